The van der Waals surface area contributed by atoms with Crippen molar-refractivity contribution in [1.29, 1.82) is 0 Å². The van der Waals surface area contributed by atoms with Crippen molar-refractivity contribution in [1.82, 2.24) is 5.32 Å². The van der Waals surface area contributed by atoms with E-state index in [2.05, 4.69) is 5.32 Å². The van der Waals surface area contributed by atoms with Crippen LogP contribution in [0.3, 0.4) is 0 Å². The maximum absolute atomic E-state index is 12.2. The molecule has 1 N–H and O–H groups in total. The van der Waals surface area contributed by atoms with Gasteiger partial charge in [-0.3, -0.25) is 9.59 Å². The Morgan fingerprint density at radius 1 is 1.29 bits per heavy atom. The van der Waals surface area contributed by atoms with Gasteiger partial charge < -0.3 is 15.0 Å². The number of ether oxygens (including phenoxy) is 1. The van der Waals surface area contributed by atoms with Crippen LogP contribution in [0.2, 0.25) is 0 Å². The van der Waals surface area contributed by atoms with E-state index in [1.807, 2.05) is 17.0 Å². The molecule has 0 radical (unpaired) electrons. The van der Waals surface area contributed by atoms with E-state index in [1.54, 1.807) is 7.11 Å². The Hall–Kier alpha value is -1.88. The summed E-state index contributed by atoms with van der Waals surface area (Å²) in [5.74, 6) is 0.140. The largest absolute Gasteiger partial charge is 0.383 e. The first kappa shape index (κ1) is 14.1. The van der Waals surface area contributed by atoms with Crippen LogP contribution in [-0.2, 0) is 22.4 Å². The summed E-state index contributed by atoms with van der Waals surface area (Å²) in [5, 5.41) is 2.85. The number of hydrogen-bond donors (Lipinski definition) is 1. The van der Waals surface area contributed by atoms with Crippen LogP contribution in [0, 0.1) is 0 Å². The van der Waals surface area contributed by atoms with Gasteiger partial charge in [0.15, 0.2) is 0 Å². The van der Waals surface area contributed by atoms with Crippen LogP contribution >= 0.6 is 0 Å². The second-order valence-corrected chi connectivity index (χ2v) is 5.54. The average Bonchev–Trinajstić information content (AvgIpc) is 2.50. The Labute approximate surface area is 124 Å². The number of carbonyl (C=O) groups excluding carboxylic acids is 2. The molecule has 0 unspecified atom stereocenters. The predicted octanol–water partition coefficient (Wildman–Crippen LogP) is 1.29. The molecule has 0 spiro atoms. The minimum absolute atomic E-state index is 0.0693. The zero-order valence-corrected chi connectivity index (χ0v) is 12.3. The van der Waals surface area contributed by atoms with Crippen molar-refractivity contribution in [2.45, 2.75) is 25.7 Å². The fourth-order valence-corrected chi connectivity index (χ4v) is 3.15. The van der Waals surface area contributed by atoms with E-state index in [-0.39, 0.29) is 11.8 Å². The lowest BCUT2D eigenvalue weighted by atomic mass is 9.89. The van der Waals surface area contributed by atoms with Gasteiger partial charge in [0.1, 0.15) is 0 Å². The second kappa shape index (κ2) is 5.85. The first-order valence-electron chi connectivity index (χ1n) is 7.44. The maximum atomic E-state index is 12.2. The van der Waals surface area contributed by atoms with Crippen LogP contribution in [0.15, 0.2) is 12.1 Å². The molecule has 3 rings (SSSR count). The highest BCUT2D eigenvalue weighted by atomic mass is 16.5. The Morgan fingerprint density at radius 2 is 2.05 bits per heavy atom. The molecule has 112 valence electrons. The Kier molecular flexibility index (Phi) is 3.92. The first-order chi connectivity index (χ1) is 10.2. The molecule has 2 aliphatic heterocycles. The molecule has 21 heavy (non-hydrogen) atoms. The second-order valence-electron chi connectivity index (χ2n) is 5.54. The van der Waals surface area contributed by atoms with Gasteiger partial charge in [0, 0.05) is 32.2 Å². The molecule has 2 amide bonds. The highest BCUT2D eigenvalue weighted by molar-refractivity contribution is 6.00. The molecule has 0 atom stereocenters. The van der Waals surface area contributed by atoms with Crippen LogP contribution in [0.5, 0.6) is 0 Å². The molecule has 1 aromatic carbocycles. The number of hydrogen-bond acceptors (Lipinski definition) is 3. The molecule has 0 aromatic heterocycles. The van der Waals surface area contributed by atoms with Gasteiger partial charge in [-0.2, -0.15) is 0 Å². The third kappa shape index (κ3) is 2.65. The monoisotopic (exact) mass is 288 g/mol. The van der Waals surface area contributed by atoms with Gasteiger partial charge in [-0.25, -0.2) is 0 Å². The smallest absolute Gasteiger partial charge is 0.251 e. The van der Waals surface area contributed by atoms with Gasteiger partial charge in [-0.15, -0.1) is 0 Å². The molecule has 5 nitrogen and oxygen atoms in total. The minimum atomic E-state index is -0.0693. The lowest BCUT2D eigenvalue weighted by Gasteiger charge is -2.35. The first-order valence-corrected chi connectivity index (χ1v) is 7.44. The summed E-state index contributed by atoms with van der Waals surface area (Å²) in [5.41, 5.74) is 4.01. The number of anilines is 1. The zero-order valence-electron chi connectivity index (χ0n) is 12.3. The van der Waals surface area contributed by atoms with Crippen molar-refractivity contribution in [3.05, 3.63) is 28.8 Å². The highest BCUT2D eigenvalue weighted by Gasteiger charge is 2.30. The van der Waals surface area contributed by atoms with Crippen LogP contribution < -0.4 is 10.2 Å². The number of nitrogens with one attached hydrogen (secondary N) is 1. The van der Waals surface area contributed by atoms with Crippen LogP contribution in [0.4, 0.5) is 5.69 Å². The number of carbonyl (C=O) groups is 2. The molecule has 1 aromatic rings. The Morgan fingerprint density at radius 3 is 2.81 bits per heavy atom. The number of amides is 2. The van der Waals surface area contributed by atoms with Crippen LogP contribution in [0.1, 0.15) is 34.3 Å². The van der Waals surface area contributed by atoms with E-state index in [9.17, 15) is 9.59 Å². The summed E-state index contributed by atoms with van der Waals surface area (Å²) in [4.78, 5) is 26.1. The molecule has 2 aliphatic rings. The number of benzene rings is 1. The Balaban J connectivity index is 1.89. The van der Waals surface area contributed by atoms with Gasteiger partial charge in [-0.1, -0.05) is 0 Å². The van der Waals surface area contributed by atoms with Crippen LogP contribution in [-0.4, -0.2) is 38.6 Å². The maximum Gasteiger partial charge on any atom is 0.251 e. The fraction of sp³-hybridized carbons (Fsp3) is 0.500. The quantitative estimate of drug-likeness (QED) is 0.849. The van der Waals surface area contributed by atoms with Crippen molar-refractivity contribution >= 4 is 17.5 Å². The predicted molar refractivity (Wildman–Crippen MR) is 79.6 cm³/mol. The zero-order chi connectivity index (χ0) is 14.8. The van der Waals surface area contributed by atoms with E-state index in [0.717, 1.165) is 42.6 Å². The standard InChI is InChI=1S/C16H20N2O3/c1-21-8-6-17-16(20)13-9-11-3-2-7-18-14(19)5-4-12(10-13)15(11)18/h9-10H,2-8H2,1H3,(H,17,20). The summed E-state index contributed by atoms with van der Waals surface area (Å²) < 4.78 is 4.94. The summed E-state index contributed by atoms with van der Waals surface area (Å²) >= 11 is 0. The molecule has 0 bridgehead atoms. The van der Waals surface area contributed by atoms with Gasteiger partial charge in [-0.05, 0) is 42.5 Å². The Bertz CT molecular complexity index is 566. The average molecular weight is 288 g/mol. The van der Waals surface area contributed by atoms with E-state index < -0.39 is 0 Å². The van der Waals surface area contributed by atoms with Crippen molar-refractivity contribution < 1.29 is 14.3 Å². The third-order valence-corrected chi connectivity index (χ3v) is 4.13. The summed E-state index contributed by atoms with van der Waals surface area (Å²) in [6.07, 6.45) is 3.18. The van der Waals surface area contributed by atoms with E-state index in [4.69, 9.17) is 4.74 Å². The van der Waals surface area contributed by atoms with Gasteiger partial charge in [0.25, 0.3) is 5.91 Å². The molecule has 0 saturated heterocycles. The van der Waals surface area contributed by atoms with Crippen molar-refractivity contribution in [3.8, 4) is 0 Å². The van der Waals surface area contributed by atoms with Crippen LogP contribution in [0.25, 0.3) is 0 Å². The lowest BCUT2D eigenvalue weighted by Crippen LogP contribution is -2.39. The number of methoxy groups -OCH3 is 1. The van der Waals surface area contributed by atoms with E-state index in [1.165, 1.54) is 0 Å². The molecule has 5 heteroatoms. The number of aryl methyl sites for hydroxylation is 2. The molecular weight excluding hydrogens is 268 g/mol. The minimum Gasteiger partial charge on any atom is -0.383 e. The van der Waals surface area contributed by atoms with Crippen molar-refractivity contribution in [2.24, 2.45) is 0 Å². The highest BCUT2D eigenvalue weighted by Crippen LogP contribution is 2.36. The summed E-state index contributed by atoms with van der Waals surface area (Å²) in [6.45, 7) is 1.82. The van der Waals surface area contributed by atoms with Gasteiger partial charge >= 0.3 is 0 Å². The van der Waals surface area contributed by atoms with Gasteiger partial charge in [0.2, 0.25) is 5.91 Å². The van der Waals surface area contributed by atoms with Crippen molar-refractivity contribution in [3.63, 3.8) is 0 Å². The van der Waals surface area contributed by atoms with E-state index >= 15 is 0 Å². The summed E-state index contributed by atoms with van der Waals surface area (Å²) in [6, 6.07) is 3.87. The third-order valence-electron chi connectivity index (χ3n) is 4.13. The SMILES string of the molecule is COCCNC(=O)c1cc2c3c(c1)CCC(=O)N3CCC2. The normalized spacial score (nSPS) is 16.6. The topological polar surface area (TPSA) is 58.6 Å². The van der Waals surface area contributed by atoms with Crippen molar-refractivity contribution in [2.75, 3.05) is 31.7 Å². The molecule has 0 saturated carbocycles. The lowest BCUT2D eigenvalue weighted by molar-refractivity contribution is -0.119. The number of rotatable bonds is 4. The number of nitrogens with zero attached hydrogens (tertiary/aromatic N) is 1. The van der Waals surface area contributed by atoms with E-state index in [0.29, 0.717) is 25.1 Å². The molecular formula is C16H20N2O3. The summed E-state index contributed by atoms with van der Waals surface area (Å²) in [7, 11) is 1.61. The molecule has 2 heterocycles. The van der Waals surface area contributed by atoms with Gasteiger partial charge in [0.05, 0.1) is 12.3 Å². The molecule has 0 fully saturated rings. The molecule has 0 aliphatic carbocycles. The fourth-order valence-electron chi connectivity index (χ4n) is 3.15.